The molecule has 0 radical (unpaired) electrons. The second-order valence-corrected chi connectivity index (χ2v) is 7.94. The van der Waals surface area contributed by atoms with Crippen molar-refractivity contribution in [2.24, 2.45) is 5.41 Å². The van der Waals surface area contributed by atoms with Gasteiger partial charge >= 0.3 is 0 Å². The maximum Gasteiger partial charge on any atom is 0.231 e. The summed E-state index contributed by atoms with van der Waals surface area (Å²) in [5, 5.41) is 3.26. The standard InChI is InChI=1S/C22H29N3O/c1-2-19-23-14-16-25(19)15-8-13-24-20(26)22(18-9-4-3-5-10-18)17-21(22)11-6-7-12-21/h3-5,9-10,14,16H,2,6-8,11-13,15,17H2,1H3,(H,24,26). The number of rotatable bonds is 7. The third-order valence-electron chi connectivity index (χ3n) is 6.58. The number of carbonyl (C=O) groups is 1. The number of aryl methyl sites for hydroxylation is 2. The van der Waals surface area contributed by atoms with Gasteiger partial charge in [-0.2, -0.15) is 0 Å². The van der Waals surface area contributed by atoms with Crippen molar-refractivity contribution in [1.82, 2.24) is 14.9 Å². The van der Waals surface area contributed by atoms with Crippen LogP contribution >= 0.6 is 0 Å². The molecule has 4 rings (SSSR count). The van der Waals surface area contributed by atoms with Crippen LogP contribution in [0.5, 0.6) is 0 Å². The van der Waals surface area contributed by atoms with Crippen LogP contribution in [0.2, 0.25) is 0 Å². The van der Waals surface area contributed by atoms with Crippen molar-refractivity contribution in [1.29, 1.82) is 0 Å². The summed E-state index contributed by atoms with van der Waals surface area (Å²) in [7, 11) is 0. The van der Waals surface area contributed by atoms with Crippen LogP contribution in [0.1, 0.15) is 56.8 Å². The van der Waals surface area contributed by atoms with Crippen LogP contribution in [-0.2, 0) is 23.2 Å². The Bertz CT molecular complexity index is 761. The summed E-state index contributed by atoms with van der Waals surface area (Å²) in [4.78, 5) is 17.6. The maximum absolute atomic E-state index is 13.2. The molecule has 1 heterocycles. The molecule has 1 unspecified atom stereocenters. The Morgan fingerprint density at radius 3 is 2.73 bits per heavy atom. The van der Waals surface area contributed by atoms with Gasteiger partial charge in [0.25, 0.3) is 0 Å². The number of aromatic nitrogens is 2. The Morgan fingerprint density at radius 1 is 1.23 bits per heavy atom. The molecule has 2 aromatic rings. The van der Waals surface area contributed by atoms with Crippen LogP contribution < -0.4 is 5.32 Å². The van der Waals surface area contributed by atoms with Crippen molar-refractivity contribution in [2.45, 2.75) is 63.8 Å². The molecule has 2 fully saturated rings. The minimum Gasteiger partial charge on any atom is -0.355 e. The van der Waals surface area contributed by atoms with Crippen LogP contribution in [0.15, 0.2) is 42.7 Å². The molecule has 1 amide bonds. The summed E-state index contributed by atoms with van der Waals surface area (Å²) < 4.78 is 2.19. The average Bonchev–Trinajstić information content (AvgIpc) is 2.98. The van der Waals surface area contributed by atoms with Gasteiger partial charge in [0, 0.05) is 31.9 Å². The van der Waals surface area contributed by atoms with Gasteiger partial charge in [-0.25, -0.2) is 4.98 Å². The number of nitrogens with one attached hydrogen (secondary N) is 1. The first kappa shape index (κ1) is 17.3. The molecule has 2 aliphatic rings. The van der Waals surface area contributed by atoms with Gasteiger partial charge in [-0.1, -0.05) is 50.1 Å². The summed E-state index contributed by atoms with van der Waals surface area (Å²) >= 11 is 0. The number of amides is 1. The van der Waals surface area contributed by atoms with E-state index < -0.39 is 0 Å². The molecule has 4 heteroatoms. The molecule has 0 bridgehead atoms. The zero-order valence-corrected chi connectivity index (χ0v) is 15.7. The molecule has 1 aromatic heterocycles. The molecule has 1 spiro atoms. The van der Waals surface area contributed by atoms with E-state index in [2.05, 4.69) is 46.1 Å². The SMILES string of the molecule is CCc1nccn1CCCNC(=O)C1(c2ccccc2)CC12CCCC2. The molecule has 26 heavy (non-hydrogen) atoms. The highest BCUT2D eigenvalue weighted by Gasteiger charge is 2.72. The first-order chi connectivity index (χ1) is 12.7. The molecule has 138 valence electrons. The molecule has 1 N–H and O–H groups in total. The predicted molar refractivity (Wildman–Crippen MR) is 103 cm³/mol. The summed E-state index contributed by atoms with van der Waals surface area (Å²) in [5.41, 5.74) is 1.15. The minimum atomic E-state index is -0.283. The van der Waals surface area contributed by atoms with Gasteiger partial charge in [0.05, 0.1) is 5.41 Å². The fourth-order valence-electron chi connectivity index (χ4n) is 5.16. The zero-order valence-electron chi connectivity index (χ0n) is 15.7. The van der Waals surface area contributed by atoms with E-state index in [0.717, 1.165) is 38.2 Å². The number of nitrogens with zero attached hydrogens (tertiary/aromatic N) is 2. The van der Waals surface area contributed by atoms with E-state index in [1.807, 2.05) is 18.5 Å². The number of imidazole rings is 1. The fraction of sp³-hybridized carbons (Fsp3) is 0.545. The Morgan fingerprint density at radius 2 is 2.00 bits per heavy atom. The smallest absolute Gasteiger partial charge is 0.231 e. The lowest BCUT2D eigenvalue weighted by Crippen LogP contribution is -2.39. The van der Waals surface area contributed by atoms with E-state index in [0.29, 0.717) is 0 Å². The fourth-order valence-corrected chi connectivity index (χ4v) is 5.16. The Hall–Kier alpha value is -2.10. The van der Waals surface area contributed by atoms with Gasteiger partial charge in [0.1, 0.15) is 5.82 Å². The van der Waals surface area contributed by atoms with E-state index in [9.17, 15) is 4.79 Å². The lowest BCUT2D eigenvalue weighted by molar-refractivity contribution is -0.124. The van der Waals surface area contributed by atoms with Crippen molar-refractivity contribution in [3.63, 3.8) is 0 Å². The lowest BCUT2D eigenvalue weighted by atomic mass is 9.84. The summed E-state index contributed by atoms with van der Waals surface area (Å²) in [5.74, 6) is 1.36. The molecule has 0 saturated heterocycles. The van der Waals surface area contributed by atoms with Crippen LogP contribution in [0, 0.1) is 5.41 Å². The molecular weight excluding hydrogens is 322 g/mol. The second-order valence-electron chi connectivity index (χ2n) is 7.94. The van der Waals surface area contributed by atoms with Crippen molar-refractivity contribution in [3.05, 3.63) is 54.1 Å². The Balaban J connectivity index is 1.40. The summed E-state index contributed by atoms with van der Waals surface area (Å²) in [6, 6.07) is 10.5. The summed E-state index contributed by atoms with van der Waals surface area (Å²) in [6.07, 6.45) is 11.7. The molecule has 1 aromatic carbocycles. The normalized spacial score (nSPS) is 23.3. The van der Waals surface area contributed by atoms with E-state index in [1.54, 1.807) is 0 Å². The molecule has 2 aliphatic carbocycles. The highest BCUT2D eigenvalue weighted by Crippen LogP contribution is 2.72. The summed E-state index contributed by atoms with van der Waals surface area (Å²) in [6.45, 7) is 3.76. The van der Waals surface area contributed by atoms with Gasteiger partial charge in [0.15, 0.2) is 0 Å². The topological polar surface area (TPSA) is 46.9 Å². The zero-order chi connectivity index (χ0) is 18.0. The second kappa shape index (κ2) is 6.90. The van der Waals surface area contributed by atoms with Crippen LogP contribution in [-0.4, -0.2) is 22.0 Å². The molecular formula is C22H29N3O. The first-order valence-electron chi connectivity index (χ1n) is 10.1. The van der Waals surface area contributed by atoms with E-state index in [-0.39, 0.29) is 16.7 Å². The predicted octanol–water partition coefficient (Wildman–Crippen LogP) is 3.85. The minimum absolute atomic E-state index is 0.220. The molecule has 2 saturated carbocycles. The average molecular weight is 351 g/mol. The first-order valence-corrected chi connectivity index (χ1v) is 10.1. The maximum atomic E-state index is 13.2. The van der Waals surface area contributed by atoms with Crippen molar-refractivity contribution in [2.75, 3.05) is 6.54 Å². The van der Waals surface area contributed by atoms with Crippen LogP contribution in [0.4, 0.5) is 0 Å². The van der Waals surface area contributed by atoms with Gasteiger partial charge in [0.2, 0.25) is 5.91 Å². The van der Waals surface area contributed by atoms with Crippen molar-refractivity contribution in [3.8, 4) is 0 Å². The van der Waals surface area contributed by atoms with Crippen LogP contribution in [0.3, 0.4) is 0 Å². The van der Waals surface area contributed by atoms with Gasteiger partial charge in [-0.05, 0) is 36.7 Å². The number of hydrogen-bond donors (Lipinski definition) is 1. The van der Waals surface area contributed by atoms with Crippen molar-refractivity contribution < 1.29 is 4.79 Å². The molecule has 1 atom stereocenters. The quantitative estimate of drug-likeness (QED) is 0.770. The molecule has 4 nitrogen and oxygen atoms in total. The van der Waals surface area contributed by atoms with Crippen LogP contribution in [0.25, 0.3) is 0 Å². The van der Waals surface area contributed by atoms with Crippen molar-refractivity contribution >= 4 is 5.91 Å². The number of benzene rings is 1. The Kier molecular flexibility index (Phi) is 4.60. The third kappa shape index (κ3) is 2.76. The van der Waals surface area contributed by atoms with E-state index in [4.69, 9.17) is 0 Å². The lowest BCUT2D eigenvalue weighted by Gasteiger charge is -2.22. The Labute approximate surface area is 156 Å². The monoisotopic (exact) mass is 351 g/mol. The number of carbonyl (C=O) groups excluding carboxylic acids is 1. The van der Waals surface area contributed by atoms with Gasteiger partial charge in [-0.3, -0.25) is 4.79 Å². The highest BCUT2D eigenvalue weighted by atomic mass is 16.2. The third-order valence-corrected chi connectivity index (χ3v) is 6.58. The number of hydrogen-bond acceptors (Lipinski definition) is 2. The molecule has 0 aliphatic heterocycles. The highest BCUT2D eigenvalue weighted by molar-refractivity contribution is 5.93. The largest absolute Gasteiger partial charge is 0.355 e. The van der Waals surface area contributed by atoms with E-state index >= 15 is 0 Å². The van der Waals surface area contributed by atoms with E-state index in [1.165, 1.54) is 31.2 Å². The van der Waals surface area contributed by atoms with Gasteiger partial charge < -0.3 is 9.88 Å². The van der Waals surface area contributed by atoms with Gasteiger partial charge in [-0.15, -0.1) is 0 Å².